The molecule has 1 heterocycles. The summed E-state index contributed by atoms with van der Waals surface area (Å²) in [6.07, 6.45) is 3.36. The Bertz CT molecular complexity index is 514. The van der Waals surface area contributed by atoms with E-state index in [1.165, 1.54) is 12.1 Å². The SMILES string of the molecule is NCc1cncc(-c2ccc(Cl)c(F)c2)c1. The molecule has 0 atom stereocenters. The topological polar surface area (TPSA) is 38.9 Å². The Labute approximate surface area is 97.9 Å². The lowest BCUT2D eigenvalue weighted by atomic mass is 10.1. The third-order valence-electron chi connectivity index (χ3n) is 2.28. The maximum Gasteiger partial charge on any atom is 0.142 e. The van der Waals surface area contributed by atoms with E-state index in [1.807, 2.05) is 6.07 Å². The molecule has 2 aromatic rings. The zero-order chi connectivity index (χ0) is 11.5. The predicted octanol–water partition coefficient (Wildman–Crippen LogP) is 3.00. The second-order valence-electron chi connectivity index (χ2n) is 3.41. The number of nitrogens with zero attached hydrogens (tertiary/aromatic N) is 1. The molecular weight excluding hydrogens is 227 g/mol. The van der Waals surface area contributed by atoms with E-state index in [-0.39, 0.29) is 5.02 Å². The molecule has 0 saturated heterocycles. The van der Waals surface area contributed by atoms with Crippen LogP contribution in [0.3, 0.4) is 0 Å². The van der Waals surface area contributed by atoms with E-state index in [4.69, 9.17) is 17.3 Å². The van der Waals surface area contributed by atoms with Crippen LogP contribution in [0.2, 0.25) is 5.02 Å². The summed E-state index contributed by atoms with van der Waals surface area (Å²) in [5.41, 5.74) is 8.00. The molecule has 2 N–H and O–H groups in total. The second kappa shape index (κ2) is 4.60. The second-order valence-corrected chi connectivity index (χ2v) is 3.82. The molecule has 0 unspecified atom stereocenters. The van der Waals surface area contributed by atoms with Gasteiger partial charge in [-0.2, -0.15) is 0 Å². The van der Waals surface area contributed by atoms with Gasteiger partial charge in [0.05, 0.1) is 5.02 Å². The van der Waals surface area contributed by atoms with Crippen LogP contribution < -0.4 is 5.73 Å². The fraction of sp³-hybridized carbons (Fsp3) is 0.0833. The third kappa shape index (κ3) is 2.21. The molecule has 0 aliphatic carbocycles. The maximum atomic E-state index is 13.3. The minimum absolute atomic E-state index is 0.117. The van der Waals surface area contributed by atoms with Crippen LogP contribution in [0.15, 0.2) is 36.7 Å². The molecule has 0 aliphatic heterocycles. The Morgan fingerprint density at radius 2 is 2.00 bits per heavy atom. The number of nitrogens with two attached hydrogens (primary N) is 1. The molecule has 0 saturated carbocycles. The van der Waals surface area contributed by atoms with E-state index in [9.17, 15) is 4.39 Å². The number of halogens is 2. The molecule has 0 aliphatic rings. The Morgan fingerprint density at radius 1 is 1.19 bits per heavy atom. The Morgan fingerprint density at radius 3 is 2.69 bits per heavy atom. The van der Waals surface area contributed by atoms with E-state index in [1.54, 1.807) is 18.5 Å². The summed E-state index contributed by atoms with van der Waals surface area (Å²) in [6.45, 7) is 0.414. The molecule has 0 fully saturated rings. The first-order valence-corrected chi connectivity index (χ1v) is 5.18. The van der Waals surface area contributed by atoms with Gasteiger partial charge in [0.1, 0.15) is 5.82 Å². The Kier molecular flexibility index (Phi) is 3.17. The van der Waals surface area contributed by atoms with Crippen molar-refractivity contribution in [1.82, 2.24) is 4.98 Å². The van der Waals surface area contributed by atoms with Crippen LogP contribution in [0, 0.1) is 5.82 Å². The largest absolute Gasteiger partial charge is 0.326 e. The van der Waals surface area contributed by atoms with Crippen LogP contribution in [0.1, 0.15) is 5.56 Å². The van der Waals surface area contributed by atoms with Gasteiger partial charge in [-0.15, -0.1) is 0 Å². The molecule has 0 spiro atoms. The average molecular weight is 237 g/mol. The van der Waals surface area contributed by atoms with Crippen molar-refractivity contribution in [2.45, 2.75) is 6.54 Å². The van der Waals surface area contributed by atoms with Gasteiger partial charge in [-0.05, 0) is 29.3 Å². The number of hydrogen-bond donors (Lipinski definition) is 1. The zero-order valence-corrected chi connectivity index (χ0v) is 9.21. The molecule has 0 bridgehead atoms. The van der Waals surface area contributed by atoms with Crippen LogP contribution in [0.5, 0.6) is 0 Å². The first kappa shape index (κ1) is 11.0. The summed E-state index contributed by atoms with van der Waals surface area (Å²) in [7, 11) is 0. The van der Waals surface area contributed by atoms with E-state index in [0.29, 0.717) is 6.54 Å². The standard InChI is InChI=1S/C12H10ClFN2/c13-11-2-1-9(4-12(11)14)10-3-8(5-15)6-16-7-10/h1-4,6-7H,5,15H2. The molecule has 82 valence electrons. The monoisotopic (exact) mass is 236 g/mol. The van der Waals surface area contributed by atoms with Gasteiger partial charge in [0, 0.05) is 24.5 Å². The van der Waals surface area contributed by atoms with Crippen molar-refractivity contribution in [3.8, 4) is 11.1 Å². The molecule has 1 aromatic carbocycles. The number of benzene rings is 1. The number of aromatic nitrogens is 1. The van der Waals surface area contributed by atoms with Crippen LogP contribution in [0.25, 0.3) is 11.1 Å². The van der Waals surface area contributed by atoms with Crippen LogP contribution in [-0.2, 0) is 6.54 Å². The van der Waals surface area contributed by atoms with Crippen molar-refractivity contribution >= 4 is 11.6 Å². The number of rotatable bonds is 2. The average Bonchev–Trinajstić information content (AvgIpc) is 2.33. The van der Waals surface area contributed by atoms with Crippen molar-refractivity contribution in [3.05, 3.63) is 53.1 Å². The first-order valence-electron chi connectivity index (χ1n) is 4.80. The van der Waals surface area contributed by atoms with E-state index >= 15 is 0 Å². The van der Waals surface area contributed by atoms with E-state index in [0.717, 1.165) is 16.7 Å². The molecular formula is C12H10ClFN2. The summed E-state index contributed by atoms with van der Waals surface area (Å²) in [4.78, 5) is 4.05. The molecule has 16 heavy (non-hydrogen) atoms. The zero-order valence-electron chi connectivity index (χ0n) is 8.45. The maximum absolute atomic E-state index is 13.3. The van der Waals surface area contributed by atoms with Crippen LogP contribution >= 0.6 is 11.6 Å². The van der Waals surface area contributed by atoms with Gasteiger partial charge in [0.2, 0.25) is 0 Å². The van der Waals surface area contributed by atoms with Gasteiger partial charge >= 0.3 is 0 Å². The molecule has 1 aromatic heterocycles. The van der Waals surface area contributed by atoms with E-state index in [2.05, 4.69) is 4.98 Å². The van der Waals surface area contributed by atoms with Crippen molar-refractivity contribution in [3.63, 3.8) is 0 Å². The minimum atomic E-state index is -0.433. The summed E-state index contributed by atoms with van der Waals surface area (Å²) in [5, 5.41) is 0.117. The highest BCUT2D eigenvalue weighted by molar-refractivity contribution is 6.30. The Hall–Kier alpha value is -1.45. The predicted molar refractivity (Wildman–Crippen MR) is 62.5 cm³/mol. The normalized spacial score (nSPS) is 10.4. The van der Waals surface area contributed by atoms with Gasteiger partial charge in [-0.3, -0.25) is 4.98 Å². The molecule has 4 heteroatoms. The van der Waals surface area contributed by atoms with Gasteiger partial charge in [0.15, 0.2) is 0 Å². The highest BCUT2D eigenvalue weighted by Crippen LogP contribution is 2.24. The summed E-state index contributed by atoms with van der Waals surface area (Å²) >= 11 is 5.62. The lowest BCUT2D eigenvalue weighted by molar-refractivity contribution is 0.629. The third-order valence-corrected chi connectivity index (χ3v) is 2.59. The molecule has 0 amide bonds. The number of pyridine rings is 1. The molecule has 2 nitrogen and oxygen atoms in total. The van der Waals surface area contributed by atoms with Crippen molar-refractivity contribution in [2.75, 3.05) is 0 Å². The highest BCUT2D eigenvalue weighted by Gasteiger charge is 2.04. The van der Waals surface area contributed by atoms with Crippen LogP contribution in [-0.4, -0.2) is 4.98 Å². The summed E-state index contributed by atoms with van der Waals surface area (Å²) in [6, 6.07) is 6.55. The van der Waals surface area contributed by atoms with Gasteiger partial charge in [-0.1, -0.05) is 17.7 Å². The van der Waals surface area contributed by atoms with Crippen molar-refractivity contribution < 1.29 is 4.39 Å². The fourth-order valence-electron chi connectivity index (χ4n) is 1.43. The smallest absolute Gasteiger partial charge is 0.142 e. The highest BCUT2D eigenvalue weighted by atomic mass is 35.5. The molecule has 2 rings (SSSR count). The lowest BCUT2D eigenvalue weighted by Gasteiger charge is -2.04. The minimum Gasteiger partial charge on any atom is -0.326 e. The van der Waals surface area contributed by atoms with Crippen molar-refractivity contribution in [2.24, 2.45) is 5.73 Å². The summed E-state index contributed by atoms with van der Waals surface area (Å²) in [5.74, 6) is -0.433. The van der Waals surface area contributed by atoms with Crippen molar-refractivity contribution in [1.29, 1.82) is 0 Å². The summed E-state index contributed by atoms with van der Waals surface area (Å²) < 4.78 is 13.3. The fourth-order valence-corrected chi connectivity index (χ4v) is 1.55. The van der Waals surface area contributed by atoms with Crippen LogP contribution in [0.4, 0.5) is 4.39 Å². The first-order chi connectivity index (χ1) is 7.70. The van der Waals surface area contributed by atoms with Gasteiger partial charge in [-0.25, -0.2) is 4.39 Å². The van der Waals surface area contributed by atoms with Gasteiger partial charge in [0.25, 0.3) is 0 Å². The van der Waals surface area contributed by atoms with Gasteiger partial charge < -0.3 is 5.73 Å². The quantitative estimate of drug-likeness (QED) is 0.871. The molecule has 0 radical (unpaired) electrons. The lowest BCUT2D eigenvalue weighted by Crippen LogP contribution is -1.97. The Balaban J connectivity index is 2.46. The number of hydrogen-bond acceptors (Lipinski definition) is 2. The van der Waals surface area contributed by atoms with E-state index < -0.39 is 5.82 Å².